The van der Waals surface area contributed by atoms with Gasteiger partial charge >= 0.3 is 0 Å². The second kappa shape index (κ2) is 6.55. The Balaban J connectivity index is 1.26. The quantitative estimate of drug-likeness (QED) is 0.629. The van der Waals surface area contributed by atoms with Crippen LogP contribution in [0.3, 0.4) is 0 Å². The first kappa shape index (κ1) is 16.6. The van der Waals surface area contributed by atoms with Gasteiger partial charge in [0.2, 0.25) is 0 Å². The van der Waals surface area contributed by atoms with Gasteiger partial charge in [-0.25, -0.2) is 9.67 Å². The minimum absolute atomic E-state index is 0.586. The molecule has 1 saturated heterocycles. The average molecular weight is 386 g/mol. The van der Waals surface area contributed by atoms with Gasteiger partial charge in [-0.3, -0.25) is 4.90 Å². The maximum Gasteiger partial charge on any atom is 0.198 e. The third-order valence-corrected chi connectivity index (χ3v) is 7.28. The highest BCUT2D eigenvalue weighted by Crippen LogP contribution is 2.39. The van der Waals surface area contributed by atoms with Gasteiger partial charge in [0.25, 0.3) is 0 Å². The number of piperidine rings is 1. The number of para-hydroxylation sites is 1. The van der Waals surface area contributed by atoms with Crippen molar-refractivity contribution in [1.82, 2.24) is 24.2 Å². The highest BCUT2D eigenvalue weighted by molar-refractivity contribution is 7.71. The molecule has 3 aromatic rings. The van der Waals surface area contributed by atoms with E-state index in [9.17, 15) is 0 Å². The summed E-state index contributed by atoms with van der Waals surface area (Å²) in [4.78, 5) is 7.34. The normalized spacial score (nSPS) is 19.4. The van der Waals surface area contributed by atoms with Crippen LogP contribution in [0.5, 0.6) is 0 Å². The van der Waals surface area contributed by atoms with Gasteiger partial charge < -0.3 is 4.57 Å². The Kier molecular flexibility index (Phi) is 4.18. The van der Waals surface area contributed by atoms with Crippen molar-refractivity contribution in [3.8, 4) is 0 Å². The topological polar surface area (TPSA) is 38.9 Å². The van der Waals surface area contributed by atoms with Crippen LogP contribution in [0.4, 0.5) is 0 Å². The molecule has 26 heavy (non-hydrogen) atoms. The third-order valence-electron chi connectivity index (χ3n) is 5.60. The summed E-state index contributed by atoms with van der Waals surface area (Å²) in [5.74, 6) is 2.38. The largest absolute Gasteiger partial charge is 0.307 e. The molecule has 0 atom stereocenters. The highest BCUT2D eigenvalue weighted by atomic mass is 32.1. The molecule has 1 aliphatic heterocycles. The molecule has 1 saturated carbocycles. The van der Waals surface area contributed by atoms with Crippen molar-refractivity contribution < 1.29 is 0 Å². The molecule has 3 heterocycles. The zero-order chi connectivity index (χ0) is 17.7. The summed E-state index contributed by atoms with van der Waals surface area (Å²) < 4.78 is 6.26. The summed E-state index contributed by atoms with van der Waals surface area (Å²) in [5.41, 5.74) is 1.14. The molecule has 2 fully saturated rings. The van der Waals surface area contributed by atoms with E-state index in [1.165, 1.54) is 28.4 Å². The molecule has 1 aromatic carbocycles. The fourth-order valence-corrected chi connectivity index (χ4v) is 5.20. The number of benzene rings is 1. The summed E-state index contributed by atoms with van der Waals surface area (Å²) in [6.07, 6.45) is 4.84. The van der Waals surface area contributed by atoms with Crippen molar-refractivity contribution in [2.45, 2.75) is 44.2 Å². The zero-order valence-corrected chi connectivity index (χ0v) is 16.6. The maximum atomic E-state index is 5.59. The molecule has 0 radical (unpaired) electrons. The van der Waals surface area contributed by atoms with Crippen molar-refractivity contribution in [2.75, 3.05) is 13.1 Å². The Morgan fingerprint density at radius 1 is 1.12 bits per heavy atom. The molecule has 0 amide bonds. The lowest BCUT2D eigenvalue weighted by molar-refractivity contribution is 0.160. The number of hydrogen-bond donors (Lipinski definition) is 0. The average Bonchev–Trinajstić information content (AvgIpc) is 3.35. The molecule has 7 heteroatoms. The first-order valence-electron chi connectivity index (χ1n) is 9.40. The number of rotatable bonds is 4. The minimum Gasteiger partial charge on any atom is -0.307 e. The summed E-state index contributed by atoms with van der Waals surface area (Å²) in [6.45, 7) is 2.97. The van der Waals surface area contributed by atoms with Crippen molar-refractivity contribution in [3.05, 3.63) is 39.9 Å². The molecule has 2 aromatic heterocycles. The van der Waals surface area contributed by atoms with Gasteiger partial charge in [0.05, 0.1) is 21.9 Å². The Morgan fingerprint density at radius 3 is 2.62 bits per heavy atom. The maximum absolute atomic E-state index is 5.59. The Labute approximate surface area is 162 Å². The predicted octanol–water partition coefficient (Wildman–Crippen LogP) is 4.28. The van der Waals surface area contributed by atoms with Gasteiger partial charge in [-0.2, -0.15) is 5.10 Å². The third kappa shape index (κ3) is 3.02. The van der Waals surface area contributed by atoms with Crippen LogP contribution in [0.25, 0.3) is 10.2 Å². The van der Waals surface area contributed by atoms with E-state index in [1.54, 1.807) is 0 Å². The lowest BCUT2D eigenvalue weighted by Gasteiger charge is -2.30. The van der Waals surface area contributed by atoms with Crippen LogP contribution in [0.1, 0.15) is 48.4 Å². The molecule has 0 N–H and O–H groups in total. The molecular weight excluding hydrogens is 362 g/mol. The fraction of sp³-hybridized carbons (Fsp3) is 0.526. The van der Waals surface area contributed by atoms with Gasteiger partial charge in [-0.15, -0.1) is 11.3 Å². The fourth-order valence-electron chi connectivity index (χ4n) is 3.87. The predicted molar refractivity (Wildman–Crippen MR) is 107 cm³/mol. The second-order valence-corrected chi connectivity index (χ2v) is 8.95. The van der Waals surface area contributed by atoms with E-state index in [0.29, 0.717) is 11.8 Å². The van der Waals surface area contributed by atoms with Gasteiger partial charge in [0, 0.05) is 32.0 Å². The van der Waals surface area contributed by atoms with Crippen LogP contribution in [0, 0.1) is 4.77 Å². The number of thiazole rings is 1. The molecule has 0 unspecified atom stereocenters. The minimum atomic E-state index is 0.586. The smallest absolute Gasteiger partial charge is 0.198 e. The van der Waals surface area contributed by atoms with Gasteiger partial charge in [-0.1, -0.05) is 12.1 Å². The van der Waals surface area contributed by atoms with E-state index in [2.05, 4.69) is 40.8 Å². The Morgan fingerprint density at radius 2 is 1.88 bits per heavy atom. The van der Waals surface area contributed by atoms with Crippen LogP contribution < -0.4 is 0 Å². The van der Waals surface area contributed by atoms with Crippen molar-refractivity contribution in [1.29, 1.82) is 0 Å². The molecule has 0 bridgehead atoms. The molecule has 1 aliphatic carbocycles. The number of nitrogens with zero attached hydrogens (tertiary/aromatic N) is 5. The lowest BCUT2D eigenvalue weighted by Crippen LogP contribution is -2.34. The first-order chi connectivity index (χ1) is 12.7. The molecule has 0 spiro atoms. The molecule has 136 valence electrons. The van der Waals surface area contributed by atoms with Gasteiger partial charge in [-0.05, 0) is 50.0 Å². The number of fused-ring (bicyclic) bond motifs is 1. The van der Waals surface area contributed by atoms with E-state index in [1.807, 2.05) is 16.0 Å². The molecular formula is C19H23N5S2. The van der Waals surface area contributed by atoms with E-state index >= 15 is 0 Å². The van der Waals surface area contributed by atoms with E-state index in [4.69, 9.17) is 22.3 Å². The van der Waals surface area contributed by atoms with E-state index in [-0.39, 0.29) is 0 Å². The lowest BCUT2D eigenvalue weighted by atomic mass is 9.98. The highest BCUT2D eigenvalue weighted by Gasteiger charge is 2.30. The van der Waals surface area contributed by atoms with Crippen LogP contribution in [0.2, 0.25) is 0 Å². The van der Waals surface area contributed by atoms with Gasteiger partial charge in [0.1, 0.15) is 5.82 Å². The molecule has 5 nitrogen and oxygen atoms in total. The van der Waals surface area contributed by atoms with Crippen LogP contribution >= 0.6 is 23.6 Å². The number of likely N-dealkylation sites (tertiary alicyclic amines) is 1. The van der Waals surface area contributed by atoms with E-state index < -0.39 is 0 Å². The number of aromatic nitrogens is 4. The Hall–Kier alpha value is -1.57. The summed E-state index contributed by atoms with van der Waals surface area (Å²) in [7, 11) is 2.05. The number of hydrogen-bond acceptors (Lipinski definition) is 5. The molecule has 5 rings (SSSR count). The SMILES string of the molecule is Cn1c(C2CC2)nn(CN2CCC(c3nc4ccccc4s3)CC2)c1=S. The Bertz CT molecular complexity index is 956. The summed E-state index contributed by atoms with van der Waals surface area (Å²) in [5, 5.41) is 6.10. The second-order valence-electron chi connectivity index (χ2n) is 7.53. The van der Waals surface area contributed by atoms with Crippen LogP contribution in [-0.2, 0) is 13.7 Å². The van der Waals surface area contributed by atoms with Crippen LogP contribution in [-0.4, -0.2) is 37.3 Å². The molecule has 2 aliphatic rings. The first-order valence-corrected chi connectivity index (χ1v) is 10.6. The van der Waals surface area contributed by atoms with Crippen LogP contribution in [0.15, 0.2) is 24.3 Å². The standard InChI is InChI=1S/C19H23N5S2/c1-22-17(13-6-7-13)21-24(19(22)25)12-23-10-8-14(9-11-23)18-20-15-4-2-3-5-16(15)26-18/h2-5,13-14H,6-12H2,1H3. The summed E-state index contributed by atoms with van der Waals surface area (Å²) >= 11 is 7.45. The van der Waals surface area contributed by atoms with E-state index in [0.717, 1.165) is 42.9 Å². The monoisotopic (exact) mass is 385 g/mol. The van der Waals surface area contributed by atoms with Crippen molar-refractivity contribution >= 4 is 33.8 Å². The summed E-state index contributed by atoms with van der Waals surface area (Å²) in [6, 6.07) is 8.46. The van der Waals surface area contributed by atoms with Gasteiger partial charge in [0.15, 0.2) is 4.77 Å². The van der Waals surface area contributed by atoms with Crippen molar-refractivity contribution in [2.24, 2.45) is 7.05 Å². The zero-order valence-electron chi connectivity index (χ0n) is 15.0. The van der Waals surface area contributed by atoms with Crippen molar-refractivity contribution in [3.63, 3.8) is 0 Å².